The van der Waals surface area contributed by atoms with Gasteiger partial charge in [0.05, 0.1) is 17.2 Å². The van der Waals surface area contributed by atoms with E-state index in [-0.39, 0.29) is 11.5 Å². The summed E-state index contributed by atoms with van der Waals surface area (Å²) in [7, 11) is 0. The number of anilines is 1. The number of carbonyl (C=O) groups is 1. The van der Waals surface area contributed by atoms with Gasteiger partial charge in [-0.1, -0.05) is 6.42 Å². The average molecular weight is 349 g/mol. The van der Waals surface area contributed by atoms with E-state index in [1.807, 2.05) is 0 Å². The van der Waals surface area contributed by atoms with Crippen molar-refractivity contribution in [3.8, 4) is 0 Å². The van der Waals surface area contributed by atoms with Gasteiger partial charge in [0.2, 0.25) is 5.91 Å². The zero-order valence-electron chi connectivity index (χ0n) is 14.3. The first-order valence-corrected chi connectivity index (χ1v) is 8.77. The lowest BCUT2D eigenvalue weighted by atomic mass is 10.2. The lowest BCUT2D eigenvalue weighted by Gasteiger charge is -2.11. The average Bonchev–Trinajstić information content (AvgIpc) is 3.05. The summed E-state index contributed by atoms with van der Waals surface area (Å²) in [4.78, 5) is 29.5. The van der Waals surface area contributed by atoms with Crippen LogP contribution in [0.5, 0.6) is 0 Å². The smallest absolute Gasteiger partial charge is 0.261 e. The first kappa shape index (κ1) is 16.3. The van der Waals surface area contributed by atoms with E-state index >= 15 is 0 Å². The van der Waals surface area contributed by atoms with Crippen molar-refractivity contribution in [3.63, 3.8) is 0 Å². The largest absolute Gasteiger partial charge is 0.465 e. The molecule has 0 atom stereocenters. The lowest BCUT2D eigenvalue weighted by molar-refractivity contribution is -0.111. The van der Waals surface area contributed by atoms with Crippen LogP contribution in [0.2, 0.25) is 0 Å². The topological polar surface area (TPSA) is 77.1 Å². The number of fused-ring (bicyclic) bond motifs is 2. The Balaban J connectivity index is 1.62. The molecule has 0 bridgehead atoms. The minimum absolute atomic E-state index is 0.0332. The molecule has 1 amide bonds. The molecule has 6 nitrogen and oxygen atoms in total. The molecule has 3 aromatic rings. The molecule has 26 heavy (non-hydrogen) atoms. The molecule has 1 aliphatic rings. The van der Waals surface area contributed by atoms with Gasteiger partial charge in [-0.2, -0.15) is 0 Å². The first-order valence-electron chi connectivity index (χ1n) is 8.77. The highest BCUT2D eigenvalue weighted by Gasteiger charge is 2.14. The normalized spacial score (nSPS) is 14.3. The van der Waals surface area contributed by atoms with Crippen LogP contribution in [0.3, 0.4) is 0 Å². The van der Waals surface area contributed by atoms with Crippen LogP contribution >= 0.6 is 0 Å². The number of hydrogen-bond donors (Lipinski definition) is 1. The van der Waals surface area contributed by atoms with Gasteiger partial charge in [-0.15, -0.1) is 0 Å². The number of hydrogen-bond acceptors (Lipinski definition) is 4. The molecule has 0 saturated carbocycles. The summed E-state index contributed by atoms with van der Waals surface area (Å²) in [5.41, 5.74) is 1.21. The Morgan fingerprint density at radius 3 is 3.00 bits per heavy atom. The van der Waals surface area contributed by atoms with E-state index in [1.54, 1.807) is 47.2 Å². The monoisotopic (exact) mass is 349 g/mol. The maximum atomic E-state index is 12.8. The second-order valence-corrected chi connectivity index (χ2v) is 6.37. The second kappa shape index (κ2) is 7.00. The number of carbonyl (C=O) groups excluding carboxylic acids is 1. The van der Waals surface area contributed by atoms with E-state index in [1.165, 1.54) is 6.08 Å². The Labute approximate surface area is 150 Å². The predicted molar refractivity (Wildman–Crippen MR) is 99.9 cm³/mol. The highest BCUT2D eigenvalue weighted by molar-refractivity contribution is 6.02. The fraction of sp³-hybridized carbons (Fsp3) is 0.250. The van der Waals surface area contributed by atoms with E-state index in [0.29, 0.717) is 28.9 Å². The van der Waals surface area contributed by atoms with Crippen molar-refractivity contribution in [1.82, 2.24) is 9.55 Å². The van der Waals surface area contributed by atoms with Gasteiger partial charge in [0.1, 0.15) is 11.6 Å². The summed E-state index contributed by atoms with van der Waals surface area (Å²) < 4.78 is 6.93. The standard InChI is InChI=1S/C20H19N3O3/c24-19(10-8-15-5-4-12-26-15)21-14-7-9-17-16(13-14)20(25)23-11-3-1-2-6-18(23)22-17/h4-5,7-10,12-13H,1-3,6,11H2,(H,21,24). The quantitative estimate of drug-likeness (QED) is 0.736. The number of benzene rings is 1. The molecule has 0 spiro atoms. The zero-order chi connectivity index (χ0) is 17.9. The number of nitrogens with one attached hydrogen (secondary N) is 1. The Hall–Kier alpha value is -3.15. The van der Waals surface area contributed by atoms with Crippen LogP contribution in [0, 0.1) is 0 Å². The summed E-state index contributed by atoms with van der Waals surface area (Å²) in [6, 6.07) is 8.76. The van der Waals surface area contributed by atoms with Crippen LogP contribution in [0.15, 0.2) is 51.9 Å². The number of nitrogens with zero attached hydrogens (tertiary/aromatic N) is 2. The maximum absolute atomic E-state index is 12.8. The summed E-state index contributed by atoms with van der Waals surface area (Å²) in [6.07, 6.45) is 8.54. The molecule has 6 heteroatoms. The Morgan fingerprint density at radius 2 is 2.15 bits per heavy atom. The van der Waals surface area contributed by atoms with Gasteiger partial charge >= 0.3 is 0 Å². The summed E-state index contributed by atoms with van der Waals surface area (Å²) >= 11 is 0. The van der Waals surface area contributed by atoms with Crippen LogP contribution < -0.4 is 10.9 Å². The van der Waals surface area contributed by atoms with Gasteiger partial charge in [-0.3, -0.25) is 14.2 Å². The molecule has 1 aromatic carbocycles. The van der Waals surface area contributed by atoms with E-state index in [9.17, 15) is 9.59 Å². The fourth-order valence-electron chi connectivity index (χ4n) is 3.22. The van der Waals surface area contributed by atoms with Crippen molar-refractivity contribution in [2.45, 2.75) is 32.2 Å². The number of aromatic nitrogens is 2. The minimum atomic E-state index is -0.288. The van der Waals surface area contributed by atoms with Crippen LogP contribution in [-0.4, -0.2) is 15.5 Å². The molecule has 1 N–H and O–H groups in total. The van der Waals surface area contributed by atoms with Crippen molar-refractivity contribution in [1.29, 1.82) is 0 Å². The predicted octanol–water partition coefficient (Wildman–Crippen LogP) is 3.37. The molecule has 2 aromatic heterocycles. The molecule has 4 rings (SSSR count). The van der Waals surface area contributed by atoms with Gasteiger partial charge in [-0.25, -0.2) is 4.98 Å². The second-order valence-electron chi connectivity index (χ2n) is 6.37. The van der Waals surface area contributed by atoms with Crippen molar-refractivity contribution in [2.24, 2.45) is 0 Å². The fourth-order valence-corrected chi connectivity index (χ4v) is 3.22. The van der Waals surface area contributed by atoms with Crippen LogP contribution in [0.4, 0.5) is 5.69 Å². The lowest BCUT2D eigenvalue weighted by Crippen LogP contribution is -2.24. The van der Waals surface area contributed by atoms with E-state index in [4.69, 9.17) is 4.42 Å². The molecule has 0 aliphatic carbocycles. The third-order valence-electron chi connectivity index (χ3n) is 4.52. The van der Waals surface area contributed by atoms with Crippen LogP contribution in [0.25, 0.3) is 17.0 Å². The molecular weight excluding hydrogens is 330 g/mol. The summed E-state index contributed by atoms with van der Waals surface area (Å²) in [5.74, 6) is 1.17. The van der Waals surface area contributed by atoms with Gasteiger partial charge in [0.25, 0.3) is 5.56 Å². The third-order valence-corrected chi connectivity index (χ3v) is 4.52. The van der Waals surface area contributed by atoms with Crippen molar-refractivity contribution >= 4 is 28.6 Å². The first-order chi connectivity index (χ1) is 12.7. The number of rotatable bonds is 3. The highest BCUT2D eigenvalue weighted by Crippen LogP contribution is 2.18. The SMILES string of the molecule is O=C(C=Cc1ccco1)Nc1ccc2nc3n(c(=O)c2c1)CCCCC3. The minimum Gasteiger partial charge on any atom is -0.465 e. The molecule has 3 heterocycles. The molecule has 132 valence electrons. The molecule has 0 unspecified atom stereocenters. The van der Waals surface area contributed by atoms with Gasteiger partial charge in [-0.05, 0) is 49.2 Å². The number of furan rings is 1. The van der Waals surface area contributed by atoms with Crippen molar-refractivity contribution in [2.75, 3.05) is 5.32 Å². The molecule has 0 radical (unpaired) electrons. The Kier molecular flexibility index (Phi) is 4.39. The summed E-state index contributed by atoms with van der Waals surface area (Å²) in [5, 5.41) is 3.30. The van der Waals surface area contributed by atoms with E-state index < -0.39 is 0 Å². The van der Waals surface area contributed by atoms with E-state index in [0.717, 1.165) is 31.5 Å². The Morgan fingerprint density at radius 1 is 1.23 bits per heavy atom. The third kappa shape index (κ3) is 3.31. The Bertz CT molecular complexity index is 1030. The van der Waals surface area contributed by atoms with Gasteiger partial charge < -0.3 is 9.73 Å². The molecule has 1 aliphatic heterocycles. The molecule has 0 saturated heterocycles. The van der Waals surface area contributed by atoms with Gasteiger partial charge in [0, 0.05) is 24.7 Å². The van der Waals surface area contributed by atoms with E-state index in [2.05, 4.69) is 10.3 Å². The number of aryl methyl sites for hydroxylation is 1. The van der Waals surface area contributed by atoms with Crippen molar-refractivity contribution < 1.29 is 9.21 Å². The molecular formula is C20H19N3O3. The maximum Gasteiger partial charge on any atom is 0.261 e. The van der Waals surface area contributed by atoms with Gasteiger partial charge in [0.15, 0.2) is 0 Å². The number of amides is 1. The zero-order valence-corrected chi connectivity index (χ0v) is 14.3. The summed E-state index contributed by atoms with van der Waals surface area (Å²) in [6.45, 7) is 0.708. The van der Waals surface area contributed by atoms with Crippen molar-refractivity contribution in [3.05, 3.63) is 64.6 Å². The van der Waals surface area contributed by atoms with Crippen LogP contribution in [0.1, 0.15) is 30.8 Å². The van der Waals surface area contributed by atoms with Crippen LogP contribution in [-0.2, 0) is 17.8 Å². The highest BCUT2D eigenvalue weighted by atomic mass is 16.3. The molecule has 0 fully saturated rings.